The summed E-state index contributed by atoms with van der Waals surface area (Å²) in [6.07, 6.45) is 1.57. The maximum absolute atomic E-state index is 12.2. The van der Waals surface area contributed by atoms with E-state index in [2.05, 4.69) is 10.4 Å². The van der Waals surface area contributed by atoms with E-state index in [0.717, 1.165) is 6.07 Å². The maximum Gasteiger partial charge on any atom is 0.288 e. The number of amides is 1. The van der Waals surface area contributed by atoms with E-state index in [4.69, 9.17) is 11.6 Å². The number of aromatic nitrogens is 2. The normalized spacial score (nSPS) is 10.7. The fourth-order valence-corrected chi connectivity index (χ4v) is 1.99. The summed E-state index contributed by atoms with van der Waals surface area (Å²) in [4.78, 5) is 22.4. The van der Waals surface area contributed by atoms with Gasteiger partial charge in [0.2, 0.25) is 0 Å². The van der Waals surface area contributed by atoms with Crippen molar-refractivity contribution in [2.45, 2.75) is 19.9 Å². The van der Waals surface area contributed by atoms with E-state index >= 15 is 0 Å². The Bertz CT molecular complexity index is 696. The Kier molecular flexibility index (Phi) is 4.23. The Morgan fingerprint density at radius 3 is 2.76 bits per heavy atom. The van der Waals surface area contributed by atoms with Gasteiger partial charge in [-0.2, -0.15) is 5.10 Å². The van der Waals surface area contributed by atoms with Crippen molar-refractivity contribution in [3.05, 3.63) is 51.2 Å². The van der Waals surface area contributed by atoms with Crippen molar-refractivity contribution < 1.29 is 9.72 Å². The van der Waals surface area contributed by atoms with Crippen molar-refractivity contribution in [2.24, 2.45) is 0 Å². The minimum atomic E-state index is -0.627. The fourth-order valence-electron chi connectivity index (χ4n) is 1.81. The molecular formula is C13H13ClN4O3. The summed E-state index contributed by atoms with van der Waals surface area (Å²) in [6.45, 7) is 3.85. The molecule has 1 heterocycles. The second-order valence-electron chi connectivity index (χ2n) is 4.63. The third-order valence-electron chi connectivity index (χ3n) is 2.81. The molecule has 2 rings (SSSR count). The Morgan fingerprint density at radius 1 is 1.43 bits per heavy atom. The fraction of sp³-hybridized carbons (Fsp3) is 0.231. The van der Waals surface area contributed by atoms with Gasteiger partial charge in [0.1, 0.15) is 10.8 Å². The first-order valence-electron chi connectivity index (χ1n) is 6.19. The van der Waals surface area contributed by atoms with Crippen LogP contribution in [-0.2, 0) is 0 Å². The lowest BCUT2D eigenvalue weighted by Crippen LogP contribution is -2.16. The molecule has 0 aliphatic carbocycles. The predicted octanol–water partition coefficient (Wildman–Crippen LogP) is 3.28. The smallest absolute Gasteiger partial charge is 0.288 e. The average molecular weight is 309 g/mol. The Hall–Kier alpha value is -2.41. The largest absolute Gasteiger partial charge is 0.307 e. The number of anilines is 1. The van der Waals surface area contributed by atoms with Crippen LogP contribution in [0.3, 0.4) is 0 Å². The molecule has 0 atom stereocenters. The minimum Gasteiger partial charge on any atom is -0.307 e. The average Bonchev–Trinajstić information content (AvgIpc) is 2.87. The lowest BCUT2D eigenvalue weighted by Gasteiger charge is -2.11. The van der Waals surface area contributed by atoms with Crippen LogP contribution < -0.4 is 5.32 Å². The topological polar surface area (TPSA) is 90.1 Å². The van der Waals surface area contributed by atoms with E-state index in [9.17, 15) is 14.9 Å². The van der Waals surface area contributed by atoms with Crippen LogP contribution in [0, 0.1) is 10.1 Å². The van der Waals surface area contributed by atoms with E-state index in [1.807, 2.05) is 13.8 Å². The Morgan fingerprint density at radius 2 is 2.14 bits per heavy atom. The van der Waals surface area contributed by atoms with Crippen LogP contribution in [0.5, 0.6) is 0 Å². The monoisotopic (exact) mass is 308 g/mol. The first-order chi connectivity index (χ1) is 9.90. The molecule has 0 saturated heterocycles. The quantitative estimate of drug-likeness (QED) is 0.693. The third kappa shape index (κ3) is 3.19. The van der Waals surface area contributed by atoms with Crippen molar-refractivity contribution >= 4 is 29.0 Å². The number of hydrogen-bond acceptors (Lipinski definition) is 4. The number of carbonyl (C=O) groups excluding carboxylic acids is 1. The molecule has 1 aromatic carbocycles. The zero-order valence-corrected chi connectivity index (χ0v) is 12.2. The summed E-state index contributed by atoms with van der Waals surface area (Å²) in [7, 11) is 0. The van der Waals surface area contributed by atoms with Gasteiger partial charge < -0.3 is 5.32 Å². The molecule has 0 spiro atoms. The zero-order valence-electron chi connectivity index (χ0n) is 11.4. The summed E-state index contributed by atoms with van der Waals surface area (Å²) in [6, 6.07) is 5.64. The van der Waals surface area contributed by atoms with Gasteiger partial charge >= 0.3 is 0 Å². The van der Waals surface area contributed by atoms with E-state index < -0.39 is 10.8 Å². The zero-order chi connectivity index (χ0) is 15.6. The summed E-state index contributed by atoms with van der Waals surface area (Å²) in [5.41, 5.74) is -0.149. The highest BCUT2D eigenvalue weighted by atomic mass is 35.5. The van der Waals surface area contributed by atoms with Crippen molar-refractivity contribution in [1.82, 2.24) is 9.78 Å². The Balaban J connectivity index is 2.27. The molecule has 0 radical (unpaired) electrons. The second kappa shape index (κ2) is 5.92. The highest BCUT2D eigenvalue weighted by Crippen LogP contribution is 2.25. The first kappa shape index (κ1) is 15.0. The Labute approximate surface area is 125 Å². The number of nitrogens with one attached hydrogen (secondary N) is 1. The highest BCUT2D eigenvalue weighted by Gasteiger charge is 2.17. The number of nitrogens with zero attached hydrogens (tertiary/aromatic N) is 3. The molecule has 21 heavy (non-hydrogen) atoms. The van der Waals surface area contributed by atoms with E-state index in [-0.39, 0.29) is 22.3 Å². The molecule has 7 nitrogen and oxygen atoms in total. The van der Waals surface area contributed by atoms with Crippen molar-refractivity contribution in [2.75, 3.05) is 5.32 Å². The van der Waals surface area contributed by atoms with Crippen molar-refractivity contribution in [3.8, 4) is 0 Å². The van der Waals surface area contributed by atoms with Gasteiger partial charge in [-0.15, -0.1) is 0 Å². The van der Waals surface area contributed by atoms with Gasteiger partial charge in [0.15, 0.2) is 0 Å². The van der Waals surface area contributed by atoms with Crippen LogP contribution in [0.1, 0.15) is 30.2 Å². The number of nitro benzene ring substituents is 1. The van der Waals surface area contributed by atoms with Gasteiger partial charge in [-0.3, -0.25) is 14.9 Å². The summed E-state index contributed by atoms with van der Waals surface area (Å²) >= 11 is 5.72. The number of benzene rings is 1. The van der Waals surface area contributed by atoms with Crippen molar-refractivity contribution in [3.63, 3.8) is 0 Å². The molecule has 0 aliphatic heterocycles. The maximum atomic E-state index is 12.2. The van der Waals surface area contributed by atoms with Gasteiger partial charge in [0.05, 0.1) is 11.1 Å². The number of halogens is 1. The van der Waals surface area contributed by atoms with Crippen molar-refractivity contribution in [1.29, 1.82) is 0 Å². The molecule has 1 aromatic heterocycles. The molecule has 0 bridgehead atoms. The highest BCUT2D eigenvalue weighted by molar-refractivity contribution is 6.32. The predicted molar refractivity (Wildman–Crippen MR) is 78.7 cm³/mol. The number of hydrogen-bond donors (Lipinski definition) is 1. The molecule has 110 valence electrons. The van der Waals surface area contributed by atoms with Crippen LogP contribution in [0.2, 0.25) is 5.02 Å². The van der Waals surface area contributed by atoms with Gasteiger partial charge in [0, 0.05) is 23.7 Å². The third-order valence-corrected chi connectivity index (χ3v) is 3.13. The molecule has 8 heteroatoms. The molecule has 0 unspecified atom stereocenters. The SMILES string of the molecule is CC(C)n1nccc1NC(=O)c1ccc(Cl)c([N+](=O)[O-])c1. The molecule has 2 aromatic rings. The molecule has 0 saturated carbocycles. The molecule has 1 N–H and O–H groups in total. The second-order valence-corrected chi connectivity index (χ2v) is 5.04. The van der Waals surface area contributed by atoms with Gasteiger partial charge in [-0.1, -0.05) is 11.6 Å². The molecule has 0 aliphatic rings. The minimum absolute atomic E-state index is 0.0104. The lowest BCUT2D eigenvalue weighted by molar-refractivity contribution is -0.384. The van der Waals surface area contributed by atoms with Crippen LogP contribution in [0.15, 0.2) is 30.5 Å². The number of nitro groups is 1. The van der Waals surface area contributed by atoms with E-state index in [1.54, 1.807) is 16.9 Å². The molecular weight excluding hydrogens is 296 g/mol. The first-order valence-corrected chi connectivity index (χ1v) is 6.56. The number of carbonyl (C=O) groups is 1. The van der Waals surface area contributed by atoms with Gasteiger partial charge in [-0.25, -0.2) is 4.68 Å². The van der Waals surface area contributed by atoms with E-state index in [1.165, 1.54) is 12.1 Å². The van der Waals surface area contributed by atoms with Gasteiger partial charge in [0.25, 0.3) is 11.6 Å². The lowest BCUT2D eigenvalue weighted by atomic mass is 10.2. The van der Waals surface area contributed by atoms with Crippen LogP contribution in [-0.4, -0.2) is 20.6 Å². The number of rotatable bonds is 4. The van der Waals surface area contributed by atoms with Crippen LogP contribution >= 0.6 is 11.6 Å². The van der Waals surface area contributed by atoms with Crippen LogP contribution in [0.4, 0.5) is 11.5 Å². The van der Waals surface area contributed by atoms with Gasteiger partial charge in [-0.05, 0) is 26.0 Å². The van der Waals surface area contributed by atoms with E-state index in [0.29, 0.717) is 5.82 Å². The summed E-state index contributed by atoms with van der Waals surface area (Å²) in [5, 5.41) is 17.6. The molecule has 0 fully saturated rings. The summed E-state index contributed by atoms with van der Waals surface area (Å²) < 4.78 is 1.64. The molecule has 1 amide bonds. The van der Waals surface area contributed by atoms with Crippen LogP contribution in [0.25, 0.3) is 0 Å². The standard InChI is InChI=1S/C13H13ClN4O3/c1-8(2)17-12(5-6-15-17)16-13(19)9-3-4-10(14)11(7-9)18(20)21/h3-8H,1-2H3,(H,16,19). The summed E-state index contributed by atoms with van der Waals surface area (Å²) in [5.74, 6) is 0.0600.